The summed E-state index contributed by atoms with van der Waals surface area (Å²) in [5, 5.41) is 8.37. The lowest BCUT2D eigenvalue weighted by atomic mass is 10.1. The molecule has 1 aliphatic heterocycles. The van der Waals surface area contributed by atoms with Crippen molar-refractivity contribution in [3.63, 3.8) is 0 Å². The number of hydrogen-bond donors (Lipinski definition) is 3. The maximum absolute atomic E-state index is 13.1. The lowest BCUT2D eigenvalue weighted by Gasteiger charge is -2.23. The lowest BCUT2D eigenvalue weighted by molar-refractivity contribution is -0.129. The third-order valence-corrected chi connectivity index (χ3v) is 6.67. The van der Waals surface area contributed by atoms with Gasteiger partial charge < -0.3 is 25.4 Å². The summed E-state index contributed by atoms with van der Waals surface area (Å²) in [6.07, 6.45) is 5.29. The molecular weight excluding hydrogens is 504 g/mol. The Hall–Kier alpha value is -3.27. The van der Waals surface area contributed by atoms with E-state index in [1.165, 1.54) is 0 Å². The minimum atomic E-state index is -0.679. The van der Waals surface area contributed by atoms with Crippen LogP contribution in [0.2, 0.25) is 0 Å². The number of benzene rings is 1. The Bertz CT molecular complexity index is 1100. The smallest absolute Gasteiger partial charge is 0.407 e. The van der Waals surface area contributed by atoms with Gasteiger partial charge in [0, 0.05) is 41.4 Å². The maximum Gasteiger partial charge on any atom is 0.407 e. The standard InChI is InChI=1S/C28H38N4O5S/c1-19-18-36-24-11-6-5-9-22(24)20-15-21(17-29-16-20)38-14-8-7-10-23(26(34)31-19)32-25(33)12-13-30-27(35)37-28(2,3)4/h5-6,9,11,15-17,19,23H,7-8,10,12-14,18H2,1-4H3,(H,30,35)(H,31,34)(H,32,33)/t19-,23+/m1/s1. The topological polar surface area (TPSA) is 119 Å². The molecule has 0 saturated carbocycles. The Kier molecular flexibility index (Phi) is 10.8. The summed E-state index contributed by atoms with van der Waals surface area (Å²) in [6, 6.07) is 8.93. The van der Waals surface area contributed by atoms with Gasteiger partial charge in [0.25, 0.3) is 0 Å². The van der Waals surface area contributed by atoms with Crippen LogP contribution >= 0.6 is 11.8 Å². The molecule has 3 amide bonds. The van der Waals surface area contributed by atoms with Crippen molar-refractivity contribution >= 4 is 29.7 Å². The van der Waals surface area contributed by atoms with E-state index >= 15 is 0 Å². The van der Waals surface area contributed by atoms with Gasteiger partial charge in [-0.05, 0) is 58.4 Å². The van der Waals surface area contributed by atoms with Gasteiger partial charge in [-0.3, -0.25) is 14.6 Å². The second-order valence-electron chi connectivity index (χ2n) is 10.3. The van der Waals surface area contributed by atoms with Gasteiger partial charge in [-0.25, -0.2) is 4.79 Å². The second-order valence-corrected chi connectivity index (χ2v) is 11.4. The van der Waals surface area contributed by atoms with Crippen LogP contribution in [0.25, 0.3) is 11.1 Å². The quantitative estimate of drug-likeness (QED) is 0.527. The number of ether oxygens (including phenoxy) is 2. The van der Waals surface area contributed by atoms with Crippen LogP contribution in [0.5, 0.6) is 5.75 Å². The van der Waals surface area contributed by atoms with Crippen molar-refractivity contribution in [1.29, 1.82) is 0 Å². The number of alkyl carbamates (subject to hydrolysis) is 1. The van der Waals surface area contributed by atoms with Gasteiger partial charge in [-0.2, -0.15) is 0 Å². The first kappa shape index (κ1) is 29.3. The fraction of sp³-hybridized carbons (Fsp3) is 0.500. The molecule has 0 fully saturated rings. The lowest BCUT2D eigenvalue weighted by Crippen LogP contribution is -2.50. The number of nitrogens with one attached hydrogen (secondary N) is 3. The van der Waals surface area contributed by atoms with Crippen molar-refractivity contribution in [1.82, 2.24) is 20.9 Å². The summed E-state index contributed by atoms with van der Waals surface area (Å²) in [5.74, 6) is 1.01. The highest BCUT2D eigenvalue weighted by Crippen LogP contribution is 2.32. The molecule has 38 heavy (non-hydrogen) atoms. The molecule has 0 spiro atoms. The third kappa shape index (κ3) is 9.89. The highest BCUT2D eigenvalue weighted by molar-refractivity contribution is 7.99. The first-order valence-electron chi connectivity index (χ1n) is 13.0. The molecule has 2 atom stereocenters. The Morgan fingerprint density at radius 1 is 1.21 bits per heavy atom. The second kappa shape index (κ2) is 14.0. The number of carbonyl (C=O) groups is 3. The Balaban J connectivity index is 1.63. The predicted octanol–water partition coefficient (Wildman–Crippen LogP) is 4.31. The summed E-state index contributed by atoms with van der Waals surface area (Å²) in [7, 11) is 0. The van der Waals surface area contributed by atoms with Gasteiger partial charge in [-0.1, -0.05) is 24.6 Å². The number of rotatable bonds is 4. The normalized spacial score (nSPS) is 18.8. The van der Waals surface area contributed by atoms with E-state index < -0.39 is 17.7 Å². The van der Waals surface area contributed by atoms with E-state index in [-0.39, 0.29) is 37.4 Å². The third-order valence-electron chi connectivity index (χ3n) is 5.62. The Morgan fingerprint density at radius 3 is 2.79 bits per heavy atom. The molecule has 2 heterocycles. The number of pyridine rings is 1. The van der Waals surface area contributed by atoms with Gasteiger partial charge in [0.05, 0.1) is 6.04 Å². The van der Waals surface area contributed by atoms with E-state index in [9.17, 15) is 14.4 Å². The molecule has 1 aliphatic rings. The van der Waals surface area contributed by atoms with Crippen LogP contribution in [0.15, 0.2) is 47.6 Å². The van der Waals surface area contributed by atoms with Crippen molar-refractivity contribution in [2.75, 3.05) is 18.9 Å². The van der Waals surface area contributed by atoms with Gasteiger partial charge in [-0.15, -0.1) is 11.8 Å². The van der Waals surface area contributed by atoms with Crippen molar-refractivity contribution in [3.05, 3.63) is 42.7 Å². The number of amides is 3. The number of thioether (sulfide) groups is 1. The van der Waals surface area contributed by atoms with Crippen LogP contribution in [0.3, 0.4) is 0 Å². The molecule has 0 saturated heterocycles. The van der Waals surface area contributed by atoms with Gasteiger partial charge in [0.15, 0.2) is 0 Å². The SMILES string of the molecule is C[C@@H]1COc2ccccc2-c2cncc(c2)SCCCC[C@H](NC(=O)CCNC(=O)OC(C)(C)C)C(=O)N1. The molecule has 0 aliphatic carbocycles. The van der Waals surface area contributed by atoms with E-state index in [1.54, 1.807) is 32.5 Å². The minimum absolute atomic E-state index is 0.0393. The van der Waals surface area contributed by atoms with E-state index in [1.807, 2.05) is 43.6 Å². The van der Waals surface area contributed by atoms with E-state index in [4.69, 9.17) is 9.47 Å². The van der Waals surface area contributed by atoms with Crippen LogP contribution in [-0.2, 0) is 14.3 Å². The summed E-state index contributed by atoms with van der Waals surface area (Å²) in [4.78, 5) is 43.0. The number of fused-ring (bicyclic) bond motifs is 4. The van der Waals surface area contributed by atoms with Gasteiger partial charge in [0.1, 0.15) is 24.0 Å². The largest absolute Gasteiger partial charge is 0.491 e. The summed E-state index contributed by atoms with van der Waals surface area (Å²) < 4.78 is 11.3. The molecule has 9 nitrogen and oxygen atoms in total. The van der Waals surface area contributed by atoms with Crippen molar-refractivity contribution in [3.8, 4) is 16.9 Å². The van der Waals surface area contributed by atoms with Gasteiger partial charge in [0.2, 0.25) is 11.8 Å². The van der Waals surface area contributed by atoms with Crippen molar-refractivity contribution < 1.29 is 23.9 Å². The van der Waals surface area contributed by atoms with Crippen LogP contribution in [0.4, 0.5) is 4.79 Å². The van der Waals surface area contributed by atoms with E-state index in [0.717, 1.165) is 34.6 Å². The molecule has 2 aromatic rings. The molecule has 10 heteroatoms. The highest BCUT2D eigenvalue weighted by Gasteiger charge is 2.23. The van der Waals surface area contributed by atoms with Crippen molar-refractivity contribution in [2.45, 2.75) is 76.0 Å². The van der Waals surface area contributed by atoms with E-state index in [0.29, 0.717) is 12.2 Å². The number of aromatic nitrogens is 1. The van der Waals surface area contributed by atoms with Crippen molar-refractivity contribution in [2.24, 2.45) is 0 Å². The molecular formula is C28H38N4O5S. The van der Waals surface area contributed by atoms with E-state index in [2.05, 4.69) is 27.0 Å². The first-order chi connectivity index (χ1) is 18.1. The molecule has 2 bridgehead atoms. The predicted molar refractivity (Wildman–Crippen MR) is 148 cm³/mol. The monoisotopic (exact) mass is 542 g/mol. The number of para-hydroxylation sites is 1. The minimum Gasteiger partial charge on any atom is -0.491 e. The summed E-state index contributed by atoms with van der Waals surface area (Å²) >= 11 is 1.71. The fourth-order valence-corrected chi connectivity index (χ4v) is 4.77. The first-order valence-corrected chi connectivity index (χ1v) is 14.0. The van der Waals surface area contributed by atoms with Crippen LogP contribution in [0, 0.1) is 0 Å². The van der Waals surface area contributed by atoms with Crippen LogP contribution < -0.4 is 20.7 Å². The number of nitrogens with zero attached hydrogens (tertiary/aromatic N) is 1. The molecule has 1 aromatic heterocycles. The fourth-order valence-electron chi connectivity index (χ4n) is 3.84. The Morgan fingerprint density at radius 2 is 2.00 bits per heavy atom. The average Bonchev–Trinajstić information content (AvgIpc) is 2.85. The molecule has 3 N–H and O–H groups in total. The summed E-state index contributed by atoms with van der Waals surface area (Å²) in [6.45, 7) is 7.56. The maximum atomic E-state index is 13.1. The van der Waals surface area contributed by atoms with Crippen LogP contribution in [-0.4, -0.2) is 59.5 Å². The average molecular weight is 543 g/mol. The van der Waals surface area contributed by atoms with Crippen LogP contribution in [0.1, 0.15) is 53.4 Å². The zero-order chi connectivity index (χ0) is 27.5. The van der Waals surface area contributed by atoms with Gasteiger partial charge >= 0.3 is 6.09 Å². The molecule has 1 aromatic carbocycles. The molecule has 3 rings (SSSR count). The molecule has 0 radical (unpaired) electrons. The zero-order valence-corrected chi connectivity index (χ0v) is 23.4. The zero-order valence-electron chi connectivity index (χ0n) is 22.5. The number of hydrogen-bond acceptors (Lipinski definition) is 7. The molecule has 0 unspecified atom stereocenters. The molecule has 206 valence electrons. The summed E-state index contributed by atoms with van der Waals surface area (Å²) in [5.41, 5.74) is 1.31. The highest BCUT2D eigenvalue weighted by atomic mass is 32.2. The number of carbonyl (C=O) groups excluding carboxylic acids is 3. The Labute approximate surface area is 228 Å².